The van der Waals surface area contributed by atoms with E-state index in [1.54, 1.807) is 0 Å². The zero-order valence-electron chi connectivity index (χ0n) is 7.97. The second-order valence-corrected chi connectivity index (χ2v) is 3.31. The highest BCUT2D eigenvalue weighted by Gasteiger charge is 2.09. The van der Waals surface area contributed by atoms with Crippen LogP contribution in [0.1, 0.15) is 18.1 Å². The Morgan fingerprint density at radius 1 is 1.46 bits per heavy atom. The van der Waals surface area contributed by atoms with Crippen molar-refractivity contribution < 1.29 is 4.74 Å². The van der Waals surface area contributed by atoms with Crippen LogP contribution in [0.4, 0.5) is 5.69 Å². The third-order valence-corrected chi connectivity index (χ3v) is 2.35. The van der Waals surface area contributed by atoms with Gasteiger partial charge in [-0.1, -0.05) is 12.1 Å². The number of benzene rings is 1. The molecule has 0 aliphatic carbocycles. The monoisotopic (exact) mass is 177 g/mol. The van der Waals surface area contributed by atoms with Crippen LogP contribution in [-0.2, 0) is 17.8 Å². The van der Waals surface area contributed by atoms with Gasteiger partial charge < -0.3 is 10.1 Å². The Labute approximate surface area is 78.9 Å². The van der Waals surface area contributed by atoms with E-state index in [0.29, 0.717) is 0 Å². The van der Waals surface area contributed by atoms with E-state index in [4.69, 9.17) is 4.74 Å². The molecule has 1 aliphatic heterocycles. The molecule has 2 heteroatoms. The van der Waals surface area contributed by atoms with Gasteiger partial charge in [-0.3, -0.25) is 0 Å². The number of hydrogen-bond donors (Lipinski definition) is 1. The molecule has 1 aromatic carbocycles. The molecule has 0 fully saturated rings. The molecule has 13 heavy (non-hydrogen) atoms. The zero-order chi connectivity index (χ0) is 9.10. The topological polar surface area (TPSA) is 21.3 Å². The summed E-state index contributed by atoms with van der Waals surface area (Å²) in [5.41, 5.74) is 4.00. The van der Waals surface area contributed by atoms with E-state index in [1.807, 2.05) is 6.92 Å². The molecule has 0 amide bonds. The Kier molecular flexibility index (Phi) is 2.50. The Hall–Kier alpha value is -1.02. The van der Waals surface area contributed by atoms with Crippen LogP contribution in [0.5, 0.6) is 0 Å². The van der Waals surface area contributed by atoms with Crippen molar-refractivity contribution in [3.63, 3.8) is 0 Å². The number of rotatable bonds is 3. The fourth-order valence-electron chi connectivity index (χ4n) is 1.67. The van der Waals surface area contributed by atoms with Gasteiger partial charge in [-0.25, -0.2) is 0 Å². The van der Waals surface area contributed by atoms with E-state index in [0.717, 1.165) is 26.2 Å². The van der Waals surface area contributed by atoms with E-state index in [1.165, 1.54) is 16.8 Å². The number of anilines is 1. The second kappa shape index (κ2) is 3.79. The lowest BCUT2D eigenvalue weighted by Gasteiger charge is -2.04. The van der Waals surface area contributed by atoms with Crippen LogP contribution in [0.3, 0.4) is 0 Å². The predicted octanol–water partition coefficient (Wildman–Crippen LogP) is 2.19. The molecular weight excluding hydrogens is 162 g/mol. The van der Waals surface area contributed by atoms with Crippen molar-refractivity contribution in [3.05, 3.63) is 29.3 Å². The second-order valence-electron chi connectivity index (χ2n) is 3.31. The Morgan fingerprint density at radius 2 is 2.38 bits per heavy atom. The summed E-state index contributed by atoms with van der Waals surface area (Å²) in [6, 6.07) is 6.52. The molecule has 1 heterocycles. The summed E-state index contributed by atoms with van der Waals surface area (Å²) in [5, 5.41) is 3.34. The predicted molar refractivity (Wildman–Crippen MR) is 54.0 cm³/mol. The van der Waals surface area contributed by atoms with Crippen molar-refractivity contribution in [2.45, 2.75) is 20.0 Å². The fourth-order valence-corrected chi connectivity index (χ4v) is 1.67. The van der Waals surface area contributed by atoms with Crippen LogP contribution >= 0.6 is 0 Å². The van der Waals surface area contributed by atoms with Gasteiger partial charge in [0.15, 0.2) is 0 Å². The summed E-state index contributed by atoms with van der Waals surface area (Å²) in [4.78, 5) is 0. The molecule has 0 radical (unpaired) electrons. The number of fused-ring (bicyclic) bond motifs is 1. The number of ether oxygens (including phenoxy) is 1. The summed E-state index contributed by atoms with van der Waals surface area (Å²) >= 11 is 0. The van der Waals surface area contributed by atoms with Crippen molar-refractivity contribution in [1.82, 2.24) is 0 Å². The molecule has 0 saturated carbocycles. The normalized spacial score (nSPS) is 13.9. The molecule has 1 aliphatic rings. The molecule has 1 N–H and O–H groups in total. The molecule has 1 aromatic rings. The quantitative estimate of drug-likeness (QED) is 0.764. The molecule has 0 unspecified atom stereocenters. The van der Waals surface area contributed by atoms with Crippen LogP contribution in [0.15, 0.2) is 18.2 Å². The fraction of sp³-hybridized carbons (Fsp3) is 0.455. The highest BCUT2D eigenvalue weighted by atomic mass is 16.5. The van der Waals surface area contributed by atoms with Crippen LogP contribution in [0.25, 0.3) is 0 Å². The van der Waals surface area contributed by atoms with E-state index in [2.05, 4.69) is 23.5 Å². The van der Waals surface area contributed by atoms with Gasteiger partial charge in [-0.05, 0) is 30.5 Å². The summed E-state index contributed by atoms with van der Waals surface area (Å²) in [6.07, 6.45) is 1.15. The maximum absolute atomic E-state index is 5.36. The van der Waals surface area contributed by atoms with Crippen molar-refractivity contribution in [3.8, 4) is 0 Å². The molecule has 0 saturated heterocycles. The zero-order valence-corrected chi connectivity index (χ0v) is 7.97. The van der Waals surface area contributed by atoms with Crippen LogP contribution in [-0.4, -0.2) is 13.2 Å². The van der Waals surface area contributed by atoms with E-state index in [-0.39, 0.29) is 0 Å². The van der Waals surface area contributed by atoms with Gasteiger partial charge in [0.05, 0.1) is 6.61 Å². The van der Waals surface area contributed by atoms with Gasteiger partial charge in [0.25, 0.3) is 0 Å². The maximum atomic E-state index is 5.36. The molecule has 0 spiro atoms. The molecule has 2 rings (SSSR count). The minimum Gasteiger partial charge on any atom is -0.384 e. The lowest BCUT2D eigenvalue weighted by atomic mass is 10.1. The largest absolute Gasteiger partial charge is 0.384 e. The molecule has 0 bridgehead atoms. The van der Waals surface area contributed by atoms with E-state index < -0.39 is 0 Å². The summed E-state index contributed by atoms with van der Waals surface area (Å²) in [6.45, 7) is 4.63. The molecular formula is C11H15NO. The standard InChI is InChI=1S/C11H15NO/c1-2-13-8-9-3-4-11-10(7-9)5-6-12-11/h3-4,7,12H,2,5-6,8H2,1H3. The lowest BCUT2D eigenvalue weighted by molar-refractivity contribution is 0.134. The lowest BCUT2D eigenvalue weighted by Crippen LogP contribution is -1.92. The van der Waals surface area contributed by atoms with Crippen molar-refractivity contribution in [2.24, 2.45) is 0 Å². The van der Waals surface area contributed by atoms with E-state index in [9.17, 15) is 0 Å². The van der Waals surface area contributed by atoms with E-state index >= 15 is 0 Å². The molecule has 2 nitrogen and oxygen atoms in total. The Morgan fingerprint density at radius 3 is 3.23 bits per heavy atom. The van der Waals surface area contributed by atoms with Gasteiger partial charge in [0.2, 0.25) is 0 Å². The van der Waals surface area contributed by atoms with Crippen LogP contribution < -0.4 is 5.32 Å². The van der Waals surface area contributed by atoms with Crippen LogP contribution in [0, 0.1) is 0 Å². The van der Waals surface area contributed by atoms with Gasteiger partial charge in [-0.2, -0.15) is 0 Å². The van der Waals surface area contributed by atoms with Gasteiger partial charge >= 0.3 is 0 Å². The molecule has 0 atom stereocenters. The minimum absolute atomic E-state index is 0.740. The number of nitrogens with one attached hydrogen (secondary N) is 1. The van der Waals surface area contributed by atoms with Crippen LogP contribution in [0.2, 0.25) is 0 Å². The molecule has 70 valence electrons. The van der Waals surface area contributed by atoms with Crippen molar-refractivity contribution in [1.29, 1.82) is 0 Å². The maximum Gasteiger partial charge on any atom is 0.0716 e. The summed E-state index contributed by atoms with van der Waals surface area (Å²) in [5.74, 6) is 0. The van der Waals surface area contributed by atoms with Gasteiger partial charge in [0, 0.05) is 18.8 Å². The van der Waals surface area contributed by atoms with Crippen molar-refractivity contribution >= 4 is 5.69 Å². The summed E-state index contributed by atoms with van der Waals surface area (Å²) < 4.78 is 5.36. The van der Waals surface area contributed by atoms with Gasteiger partial charge in [0.1, 0.15) is 0 Å². The van der Waals surface area contributed by atoms with Gasteiger partial charge in [-0.15, -0.1) is 0 Å². The first-order valence-corrected chi connectivity index (χ1v) is 4.83. The average molecular weight is 177 g/mol. The third kappa shape index (κ3) is 1.83. The Balaban J connectivity index is 2.12. The summed E-state index contributed by atoms with van der Waals surface area (Å²) in [7, 11) is 0. The first-order valence-electron chi connectivity index (χ1n) is 4.83. The third-order valence-electron chi connectivity index (χ3n) is 2.35. The molecule has 0 aromatic heterocycles. The first-order chi connectivity index (χ1) is 6.40. The highest BCUT2D eigenvalue weighted by Crippen LogP contribution is 2.23. The number of hydrogen-bond acceptors (Lipinski definition) is 2. The smallest absolute Gasteiger partial charge is 0.0716 e. The minimum atomic E-state index is 0.740. The highest BCUT2D eigenvalue weighted by molar-refractivity contribution is 5.56. The Bertz CT molecular complexity index is 296. The SMILES string of the molecule is CCOCc1ccc2c(c1)CCN2. The average Bonchev–Trinajstić information content (AvgIpc) is 2.61. The first kappa shape index (κ1) is 8.57. The van der Waals surface area contributed by atoms with Crippen molar-refractivity contribution in [2.75, 3.05) is 18.5 Å².